The van der Waals surface area contributed by atoms with E-state index in [1.807, 2.05) is 30.9 Å². The summed E-state index contributed by atoms with van der Waals surface area (Å²) in [6.45, 7) is 5.70. The van der Waals surface area contributed by atoms with Crippen LogP contribution in [0.1, 0.15) is 42.6 Å². The van der Waals surface area contributed by atoms with Crippen LogP contribution in [0.25, 0.3) is 5.82 Å². The lowest BCUT2D eigenvalue weighted by molar-refractivity contribution is 0.0633. The van der Waals surface area contributed by atoms with Crippen molar-refractivity contribution in [1.82, 2.24) is 24.6 Å². The summed E-state index contributed by atoms with van der Waals surface area (Å²) in [5.74, 6) is 1.41. The van der Waals surface area contributed by atoms with Crippen LogP contribution in [-0.2, 0) is 11.2 Å². The largest absolute Gasteiger partial charge is 0.492 e. The fourth-order valence-corrected chi connectivity index (χ4v) is 4.71. The molecule has 1 aromatic carbocycles. The maximum atomic E-state index is 13.1. The van der Waals surface area contributed by atoms with Crippen LogP contribution in [0.15, 0.2) is 53.6 Å². The van der Waals surface area contributed by atoms with E-state index < -0.39 is 11.2 Å². The van der Waals surface area contributed by atoms with Crippen molar-refractivity contribution in [3.8, 4) is 11.6 Å². The predicted octanol–water partition coefficient (Wildman–Crippen LogP) is 2.33. The maximum absolute atomic E-state index is 13.1. The van der Waals surface area contributed by atoms with E-state index in [2.05, 4.69) is 24.2 Å². The highest BCUT2D eigenvalue weighted by atomic mass is 32.2. The number of nitrogens with zero attached hydrogens (tertiary/aromatic N) is 6. The molecule has 2 atom stereocenters. The molecule has 1 saturated heterocycles. The quantitative estimate of drug-likeness (QED) is 0.552. The summed E-state index contributed by atoms with van der Waals surface area (Å²) in [6.07, 6.45) is 6.39. The van der Waals surface area contributed by atoms with Crippen molar-refractivity contribution in [3.05, 3.63) is 60.3 Å². The molecule has 1 amide bonds. The van der Waals surface area contributed by atoms with E-state index in [-0.39, 0.29) is 17.7 Å². The second-order valence-electron chi connectivity index (χ2n) is 7.82. The Labute approximate surface area is 206 Å². The average Bonchev–Trinajstić information content (AvgIpc) is 3.43. The molecule has 1 fully saturated rings. The zero-order valence-corrected chi connectivity index (χ0v) is 20.4. The van der Waals surface area contributed by atoms with Crippen molar-refractivity contribution in [2.24, 2.45) is 16.0 Å². The number of carbonyl (C=O) groups excluding carboxylic acids is 1. The molecule has 3 N–H and O–H groups in total. The fourth-order valence-electron chi connectivity index (χ4n) is 4.03. The number of aromatic nitrogens is 4. The second-order valence-corrected chi connectivity index (χ2v) is 8.70. The lowest BCUT2D eigenvalue weighted by Gasteiger charge is -2.33. The normalized spacial score (nSPS) is 18.9. The number of nitrogens with one attached hydrogen (secondary N) is 1. The van der Waals surface area contributed by atoms with Crippen LogP contribution < -0.4 is 15.2 Å². The van der Waals surface area contributed by atoms with E-state index in [0.717, 1.165) is 12.8 Å². The number of hydrogen-bond acceptors (Lipinski definition) is 7. The SMILES string of the molecule is CC.NC1=NS(=O)Nc2cccc(OCC3CCCN(C(=O)c4ccnc(-n5cncn5)c4)C3)c21. The van der Waals surface area contributed by atoms with Crippen LogP contribution in [0.5, 0.6) is 5.75 Å². The molecule has 3 aromatic rings. The fraction of sp³-hybridized carbons (Fsp3) is 0.348. The Kier molecular flexibility index (Phi) is 7.70. The molecular weight excluding hydrogens is 468 g/mol. The summed E-state index contributed by atoms with van der Waals surface area (Å²) < 4.78 is 26.0. The molecule has 2 aliphatic heterocycles. The standard InChI is InChI=1S/C21H22N8O3S.C2H6/c22-20-19-16(26-33(31)27-20)4-1-5-17(19)32-11-14-3-2-8-28(10-14)21(30)15-6-7-24-18(9-15)29-13-23-12-25-29;1-2/h1,4-7,9,12-14,26H,2-3,8,10-11H2,(H2,22,27);1-2H3. The summed E-state index contributed by atoms with van der Waals surface area (Å²) in [7, 11) is 0. The molecule has 4 heterocycles. The summed E-state index contributed by atoms with van der Waals surface area (Å²) in [6, 6.07) is 8.82. The summed E-state index contributed by atoms with van der Waals surface area (Å²) in [5.41, 5.74) is 7.78. The topological polar surface area (TPSA) is 141 Å². The van der Waals surface area contributed by atoms with E-state index in [9.17, 15) is 9.00 Å². The molecule has 2 aliphatic rings. The highest BCUT2D eigenvalue weighted by Crippen LogP contribution is 2.30. The number of pyridine rings is 1. The van der Waals surface area contributed by atoms with Crippen molar-refractivity contribution < 1.29 is 13.7 Å². The van der Waals surface area contributed by atoms with Crippen LogP contribution in [0, 0.1) is 5.92 Å². The Hall–Kier alpha value is -3.80. The van der Waals surface area contributed by atoms with Gasteiger partial charge < -0.3 is 15.4 Å². The number of rotatable bonds is 5. The van der Waals surface area contributed by atoms with Crippen LogP contribution in [0.2, 0.25) is 0 Å². The van der Waals surface area contributed by atoms with Gasteiger partial charge in [-0.1, -0.05) is 19.9 Å². The number of hydrogen-bond donors (Lipinski definition) is 2. The third-order valence-electron chi connectivity index (χ3n) is 5.59. The number of amidine groups is 1. The van der Waals surface area contributed by atoms with E-state index in [4.69, 9.17) is 10.5 Å². The first kappa shape index (κ1) is 24.3. The molecule has 0 radical (unpaired) electrons. The molecule has 35 heavy (non-hydrogen) atoms. The number of ether oxygens (including phenoxy) is 1. The highest BCUT2D eigenvalue weighted by Gasteiger charge is 2.26. The van der Waals surface area contributed by atoms with Gasteiger partial charge in [-0.05, 0) is 37.1 Å². The average molecular weight is 497 g/mol. The predicted molar refractivity (Wildman–Crippen MR) is 134 cm³/mol. The van der Waals surface area contributed by atoms with Crippen molar-refractivity contribution >= 4 is 28.6 Å². The Morgan fingerprint density at radius 2 is 2.17 bits per heavy atom. The molecule has 5 rings (SSSR count). The number of benzene rings is 1. The second kappa shape index (κ2) is 11.1. The van der Waals surface area contributed by atoms with Gasteiger partial charge in [-0.25, -0.2) is 18.9 Å². The molecule has 0 bridgehead atoms. The van der Waals surface area contributed by atoms with Gasteiger partial charge in [0, 0.05) is 30.8 Å². The number of amides is 1. The minimum absolute atomic E-state index is 0.0522. The molecule has 0 aliphatic carbocycles. The van der Waals surface area contributed by atoms with Gasteiger partial charge in [0.15, 0.2) is 5.82 Å². The van der Waals surface area contributed by atoms with Gasteiger partial charge in [-0.3, -0.25) is 9.52 Å². The molecule has 2 aromatic heterocycles. The minimum atomic E-state index is -1.59. The minimum Gasteiger partial charge on any atom is -0.492 e. The van der Waals surface area contributed by atoms with Gasteiger partial charge in [-0.2, -0.15) is 9.50 Å². The van der Waals surface area contributed by atoms with E-state index in [1.165, 1.54) is 17.3 Å². The maximum Gasteiger partial charge on any atom is 0.254 e. The zero-order chi connectivity index (χ0) is 24.8. The summed E-state index contributed by atoms with van der Waals surface area (Å²) in [5, 5.41) is 4.07. The molecule has 0 saturated carbocycles. The van der Waals surface area contributed by atoms with Crippen molar-refractivity contribution in [2.45, 2.75) is 26.7 Å². The number of nitrogens with two attached hydrogens (primary N) is 1. The number of likely N-dealkylation sites (tertiary alicyclic amines) is 1. The first-order valence-electron chi connectivity index (χ1n) is 11.5. The number of piperidine rings is 1. The Balaban J connectivity index is 0.00000141. The van der Waals surface area contributed by atoms with Crippen molar-refractivity contribution in [3.63, 3.8) is 0 Å². The van der Waals surface area contributed by atoms with Crippen LogP contribution in [0.3, 0.4) is 0 Å². The first-order valence-corrected chi connectivity index (χ1v) is 12.6. The lowest BCUT2D eigenvalue weighted by atomic mass is 9.98. The molecular formula is C23H28N8O3S. The van der Waals surface area contributed by atoms with Gasteiger partial charge in [0.1, 0.15) is 24.2 Å². The zero-order valence-electron chi connectivity index (χ0n) is 19.6. The lowest BCUT2D eigenvalue weighted by Crippen LogP contribution is -2.41. The molecule has 2 unspecified atom stereocenters. The van der Waals surface area contributed by atoms with Gasteiger partial charge in [0.2, 0.25) is 11.2 Å². The van der Waals surface area contributed by atoms with E-state index in [1.54, 1.807) is 24.4 Å². The van der Waals surface area contributed by atoms with Crippen molar-refractivity contribution in [1.29, 1.82) is 0 Å². The molecule has 11 nitrogen and oxygen atoms in total. The van der Waals surface area contributed by atoms with E-state index in [0.29, 0.717) is 48.1 Å². The van der Waals surface area contributed by atoms with Gasteiger partial charge in [0.25, 0.3) is 5.91 Å². The van der Waals surface area contributed by atoms with Gasteiger partial charge in [-0.15, -0.1) is 0 Å². The van der Waals surface area contributed by atoms with Crippen LogP contribution >= 0.6 is 0 Å². The monoisotopic (exact) mass is 496 g/mol. The Morgan fingerprint density at radius 3 is 2.97 bits per heavy atom. The Bertz CT molecular complexity index is 1230. The Morgan fingerprint density at radius 1 is 1.31 bits per heavy atom. The van der Waals surface area contributed by atoms with Crippen LogP contribution in [-0.4, -0.2) is 60.3 Å². The number of anilines is 1. The summed E-state index contributed by atoms with van der Waals surface area (Å²) >= 11 is -1.59. The smallest absolute Gasteiger partial charge is 0.254 e. The summed E-state index contributed by atoms with van der Waals surface area (Å²) in [4.78, 5) is 23.2. The van der Waals surface area contributed by atoms with Crippen molar-refractivity contribution in [2.75, 3.05) is 24.4 Å². The third kappa shape index (κ3) is 5.48. The van der Waals surface area contributed by atoms with E-state index >= 15 is 0 Å². The third-order valence-corrected chi connectivity index (χ3v) is 6.34. The molecule has 0 spiro atoms. The molecule has 12 heteroatoms. The van der Waals surface area contributed by atoms with Gasteiger partial charge >= 0.3 is 0 Å². The van der Waals surface area contributed by atoms with Gasteiger partial charge in [0.05, 0.1) is 17.9 Å². The molecule has 184 valence electrons. The number of fused-ring (bicyclic) bond motifs is 1. The highest BCUT2D eigenvalue weighted by molar-refractivity contribution is 7.85. The number of carbonyl (C=O) groups is 1. The van der Waals surface area contributed by atoms with Crippen LogP contribution in [0.4, 0.5) is 5.69 Å². The first-order chi connectivity index (χ1) is 17.1.